The topological polar surface area (TPSA) is 266 Å². The van der Waals surface area contributed by atoms with Crippen LogP contribution in [0.3, 0.4) is 0 Å². The van der Waals surface area contributed by atoms with Crippen LogP contribution in [0.2, 0.25) is 0 Å². The Kier molecular flexibility index (Phi) is 20.5. The number of benzene rings is 3. The molecule has 6 bridgehead atoms. The van der Waals surface area contributed by atoms with Crippen molar-refractivity contribution in [2.24, 2.45) is 88.6 Å². The summed E-state index contributed by atoms with van der Waals surface area (Å²) in [5.41, 5.74) is 15.2. The molecule has 6 unspecified atom stereocenters. The van der Waals surface area contributed by atoms with Gasteiger partial charge in [-0.05, 0) is 179 Å². The number of aromatic nitrogens is 6. The van der Waals surface area contributed by atoms with Gasteiger partial charge in [0.05, 0.1) is 33.8 Å². The van der Waals surface area contributed by atoms with Crippen molar-refractivity contribution in [3.05, 3.63) is 90.3 Å². The lowest BCUT2D eigenvalue weighted by Crippen LogP contribution is -2.54. The van der Waals surface area contributed by atoms with Crippen molar-refractivity contribution in [1.82, 2.24) is 44.6 Å². The van der Waals surface area contributed by atoms with Crippen LogP contribution in [0.25, 0.3) is 33.1 Å². The number of likely N-dealkylation sites (tertiary alicyclic amines) is 2. The summed E-state index contributed by atoms with van der Waals surface area (Å²) in [5.74, 6) is 8.64. The highest BCUT2D eigenvalue weighted by Gasteiger charge is 2.48. The molecule has 10 heterocycles. The standard InChI is InChI=1S/2C25H31N5O.C15H17N5.C9H15NO2/c2*1-16-7-17(8-21(31)10-22-19-9-20(22)15-29(2)14-19)13-30(12-16)23-4-3-18(11-26)24-25(23)28-6-5-27-24;1-10-6-12(17)9-20(8-10)13-3-2-11(7-16)14-15(13)19-5-4-18-14;1-10-4-6-2-7(5-10)8(6)3-9(11)12/h2*3-6,16-17,19-20,22H,7-10,12-15H2,1-2H3;2-5,10,12H,6,8-9,17H2,1H3;6-8H,2-5H2,1H3,(H,11,12)/t2*16-,17-,19?,20?,22?;10-,12+;/m000./s1. The number of hydrogen-bond donors (Lipinski definition) is 2. The molecule has 3 aromatic carbocycles. The number of aliphatic carboxylic acids is 1. The Morgan fingerprint density at radius 2 is 0.713 bits per heavy atom. The molecule has 3 aromatic heterocycles. The first-order valence-electron chi connectivity index (χ1n) is 34.6. The zero-order valence-electron chi connectivity index (χ0n) is 55.8. The quantitative estimate of drug-likeness (QED) is 0.109. The first-order chi connectivity index (χ1) is 45.4. The number of ketones is 2. The Labute approximate surface area is 553 Å². The van der Waals surface area contributed by atoms with Gasteiger partial charge in [-0.3, -0.25) is 44.3 Å². The van der Waals surface area contributed by atoms with E-state index in [1.54, 1.807) is 37.2 Å². The van der Waals surface area contributed by atoms with Crippen molar-refractivity contribution in [1.29, 1.82) is 15.8 Å². The van der Waals surface area contributed by atoms with Crippen LogP contribution in [0.1, 0.15) is 108 Å². The number of anilines is 3. The van der Waals surface area contributed by atoms with Gasteiger partial charge < -0.3 is 40.2 Å². The normalized spacial score (nSPS) is 30.2. The maximum Gasteiger partial charge on any atom is 0.303 e. The lowest BCUT2D eigenvalue weighted by molar-refractivity contribution is -0.143. The van der Waals surface area contributed by atoms with E-state index >= 15 is 0 Å². The predicted octanol–water partition coefficient (Wildman–Crippen LogP) is 9.36. The Hall–Kier alpha value is -7.80. The van der Waals surface area contributed by atoms with Gasteiger partial charge in [0.15, 0.2) is 0 Å². The number of carboxylic acids is 1. The van der Waals surface area contributed by atoms with Gasteiger partial charge in [0.25, 0.3) is 0 Å². The van der Waals surface area contributed by atoms with Gasteiger partial charge in [0.2, 0.25) is 0 Å². The number of nitrogens with two attached hydrogens (primary N) is 1. The van der Waals surface area contributed by atoms with Gasteiger partial charge in [-0.1, -0.05) is 20.8 Å². The molecule has 0 spiro atoms. The van der Waals surface area contributed by atoms with E-state index in [0.29, 0.717) is 123 Å². The minimum absolute atomic E-state index is 0.182. The number of nitriles is 3. The second-order valence-corrected chi connectivity index (χ2v) is 30.1. The highest BCUT2D eigenvalue weighted by Crippen LogP contribution is 2.50. The molecule has 6 aromatic rings. The second-order valence-electron chi connectivity index (χ2n) is 30.1. The fourth-order valence-corrected chi connectivity index (χ4v) is 18.6. The summed E-state index contributed by atoms with van der Waals surface area (Å²) in [6.45, 7) is 19.0. The molecule has 0 amide bonds. The number of Topliss-reactive ketones (excluding diaryl/α,β-unsaturated/α-hetero) is 2. The van der Waals surface area contributed by atoms with E-state index in [0.717, 1.165) is 168 Å². The van der Waals surface area contributed by atoms with E-state index in [4.69, 9.17) is 16.1 Å². The maximum absolute atomic E-state index is 13.0. The first kappa shape index (κ1) is 66.2. The molecular weight excluding hydrogens is 1180 g/mol. The van der Waals surface area contributed by atoms with Crippen LogP contribution in [-0.2, 0) is 14.4 Å². The minimum atomic E-state index is -0.626. The van der Waals surface area contributed by atoms with Crippen molar-refractivity contribution in [2.75, 3.05) is 114 Å². The first-order valence-corrected chi connectivity index (χ1v) is 34.6. The smallest absolute Gasteiger partial charge is 0.303 e. The fourth-order valence-electron chi connectivity index (χ4n) is 18.6. The largest absolute Gasteiger partial charge is 0.481 e. The average molecular weight is 1270 g/mol. The summed E-state index contributed by atoms with van der Waals surface area (Å²) in [5, 5.41) is 36.7. The van der Waals surface area contributed by atoms with Gasteiger partial charge in [-0.15, -0.1) is 0 Å². The molecule has 7 saturated heterocycles. The molecule has 94 heavy (non-hydrogen) atoms. The lowest BCUT2D eigenvalue weighted by Gasteiger charge is -2.53. The number of nitrogens with zero attached hydrogens (tertiary/aromatic N) is 15. The zero-order chi connectivity index (χ0) is 65.9. The number of rotatable bonds is 13. The third kappa shape index (κ3) is 14.8. The van der Waals surface area contributed by atoms with Crippen molar-refractivity contribution in [3.8, 4) is 18.2 Å². The number of piperidine rings is 9. The average Bonchev–Trinajstić information content (AvgIpc) is 0.812. The van der Waals surface area contributed by atoms with Crippen molar-refractivity contribution in [3.63, 3.8) is 0 Å². The van der Waals surface area contributed by atoms with Gasteiger partial charge in [-0.25, -0.2) is 0 Å². The van der Waals surface area contributed by atoms with Crippen molar-refractivity contribution in [2.45, 2.75) is 97.4 Å². The summed E-state index contributed by atoms with van der Waals surface area (Å²) in [6, 6.07) is 18.3. The van der Waals surface area contributed by atoms with Crippen LogP contribution in [0, 0.1) is 117 Å². The number of carbonyl (C=O) groups excluding carboxylic acids is 2. The predicted molar refractivity (Wildman–Crippen MR) is 364 cm³/mol. The van der Waals surface area contributed by atoms with Crippen LogP contribution in [0.5, 0.6) is 0 Å². The van der Waals surface area contributed by atoms with E-state index in [1.807, 2.05) is 36.4 Å². The van der Waals surface area contributed by atoms with Crippen LogP contribution in [-0.4, -0.2) is 173 Å². The summed E-state index contributed by atoms with van der Waals surface area (Å²) in [6.07, 6.45) is 20.4. The number of hydrogen-bond acceptors (Lipinski definition) is 19. The van der Waals surface area contributed by atoms with E-state index < -0.39 is 5.97 Å². The molecule has 20 nitrogen and oxygen atoms in total. The van der Waals surface area contributed by atoms with Crippen LogP contribution in [0.4, 0.5) is 17.1 Å². The molecule has 16 rings (SSSR count). The number of carboxylic acid groups (broad SMARTS) is 1. The lowest BCUT2D eigenvalue weighted by atomic mass is 9.60. The van der Waals surface area contributed by atoms with Gasteiger partial charge in [0, 0.05) is 154 Å². The molecule has 10 aliphatic rings. The summed E-state index contributed by atoms with van der Waals surface area (Å²) in [7, 11) is 6.52. The number of carbonyl (C=O) groups is 3. The number of fused-ring (bicyclic) bond motifs is 9. The monoisotopic (exact) mass is 1270 g/mol. The fraction of sp³-hybridized carbons (Fsp3) is 0.595. The van der Waals surface area contributed by atoms with E-state index in [-0.39, 0.29) is 6.04 Å². The Bertz CT molecular complexity index is 3650. The van der Waals surface area contributed by atoms with Gasteiger partial charge >= 0.3 is 5.97 Å². The Balaban J connectivity index is 0.000000127. The SMILES string of the molecule is CN1CC2CC(C1)C2CC(=O)O.C[C@H]1C[C@@H](CC(=O)CC2C3CC2CN(C)C3)CN(c2ccc(C#N)c3nccnc23)C1.C[C@H]1C[C@@H](CC(=O)CC2C3CC2CN(C)C3)CN(c2ccc(C#N)c3nccnc23)C1.C[C@H]1C[C@@H](N)CN(c2ccc(C#N)c3nccnc23)C1. The molecule has 10 fully saturated rings. The molecule has 3 saturated carbocycles. The summed E-state index contributed by atoms with van der Waals surface area (Å²) >= 11 is 0. The molecule has 0 radical (unpaired) electrons. The van der Waals surface area contributed by atoms with Crippen molar-refractivity contribution < 1.29 is 19.5 Å². The van der Waals surface area contributed by atoms with E-state index in [9.17, 15) is 24.9 Å². The molecule has 3 N–H and O–H groups in total. The van der Waals surface area contributed by atoms with Crippen molar-refractivity contribution >= 4 is 67.7 Å². The molecule has 20 heteroatoms. The third-order valence-corrected chi connectivity index (χ3v) is 22.5. The minimum Gasteiger partial charge on any atom is -0.481 e. The molecule has 3 aliphatic carbocycles. The summed E-state index contributed by atoms with van der Waals surface area (Å²) < 4.78 is 0. The van der Waals surface area contributed by atoms with Crippen LogP contribution in [0.15, 0.2) is 73.6 Å². The third-order valence-electron chi connectivity index (χ3n) is 22.5. The molecule has 7 aliphatic heterocycles. The Morgan fingerprint density at radius 3 is 1.02 bits per heavy atom. The van der Waals surface area contributed by atoms with Crippen LogP contribution >= 0.6 is 0 Å². The van der Waals surface area contributed by atoms with E-state index in [1.165, 1.54) is 19.3 Å². The van der Waals surface area contributed by atoms with Gasteiger partial charge in [0.1, 0.15) is 62.9 Å². The maximum atomic E-state index is 13.0. The van der Waals surface area contributed by atoms with Gasteiger partial charge in [-0.2, -0.15) is 15.8 Å². The van der Waals surface area contributed by atoms with Crippen LogP contribution < -0.4 is 20.4 Å². The second kappa shape index (κ2) is 29.0. The zero-order valence-corrected chi connectivity index (χ0v) is 55.8. The highest BCUT2D eigenvalue weighted by atomic mass is 16.4. The van der Waals surface area contributed by atoms with E-state index in [2.05, 4.69) is 119 Å². The highest BCUT2D eigenvalue weighted by molar-refractivity contribution is 5.94. The molecular formula is C74H94N16O4. The molecule has 12 atom stereocenters. The molecule has 494 valence electrons. The Morgan fingerprint density at radius 1 is 0.415 bits per heavy atom. The summed E-state index contributed by atoms with van der Waals surface area (Å²) in [4.78, 5) is 77.2.